The Labute approximate surface area is 180 Å². The number of ether oxygens (including phenoxy) is 1. The van der Waals surface area contributed by atoms with Crippen molar-refractivity contribution >= 4 is 19.0 Å². The van der Waals surface area contributed by atoms with Crippen LogP contribution in [0.3, 0.4) is 0 Å². The number of rotatable bonds is 9. The molecule has 1 heterocycles. The Morgan fingerprint density at radius 2 is 2.10 bits per heavy atom. The zero-order valence-electron chi connectivity index (χ0n) is 17.1. The first-order chi connectivity index (χ1) is 14.7. The number of carboxylic acids is 1. The van der Waals surface area contributed by atoms with Crippen molar-refractivity contribution in [2.24, 2.45) is 5.73 Å². The van der Waals surface area contributed by atoms with Crippen LogP contribution in [0.15, 0.2) is 35.9 Å². The summed E-state index contributed by atoms with van der Waals surface area (Å²) in [6.07, 6.45) is 9.63. The van der Waals surface area contributed by atoms with Crippen LogP contribution in [-0.2, 0) is 11.2 Å². The van der Waals surface area contributed by atoms with Gasteiger partial charge in [0.2, 0.25) is 5.91 Å². The van der Waals surface area contributed by atoms with E-state index in [9.17, 15) is 19.8 Å². The number of aromatic hydroxyl groups is 1. The monoisotopic (exact) mass is 428 g/mol. The number of phenols is 1. The maximum absolute atomic E-state index is 12.5. The molecule has 1 aliphatic rings. The zero-order valence-corrected chi connectivity index (χ0v) is 17.1. The minimum Gasteiger partial charge on any atom is -0.507 e. The minimum absolute atomic E-state index is 0.0403. The van der Waals surface area contributed by atoms with Gasteiger partial charge in [0.1, 0.15) is 29.2 Å². The number of carbonyl (C=O) groups is 2. The molecular weight excluding hydrogens is 403 g/mol. The van der Waals surface area contributed by atoms with Gasteiger partial charge >= 0.3 is 13.1 Å². The van der Waals surface area contributed by atoms with Crippen LogP contribution in [0.1, 0.15) is 22.8 Å². The van der Waals surface area contributed by atoms with Gasteiger partial charge in [-0.05, 0) is 42.9 Å². The topological polar surface area (TPSA) is 154 Å². The maximum atomic E-state index is 12.5. The van der Waals surface area contributed by atoms with Crippen molar-refractivity contribution in [2.45, 2.75) is 31.8 Å². The maximum Gasteiger partial charge on any atom is 0.451 e. The third-order valence-corrected chi connectivity index (χ3v) is 4.80. The fourth-order valence-corrected chi connectivity index (χ4v) is 3.15. The number of terminal acetylenes is 1. The number of nitrogens with two attached hydrogens (primary N) is 1. The smallest absolute Gasteiger partial charge is 0.451 e. The molecule has 0 unspecified atom stereocenters. The largest absolute Gasteiger partial charge is 0.507 e. The van der Waals surface area contributed by atoms with Gasteiger partial charge in [0.15, 0.2) is 0 Å². The molecule has 0 radical (unpaired) electrons. The van der Waals surface area contributed by atoms with Gasteiger partial charge in [-0.1, -0.05) is 24.1 Å². The Morgan fingerprint density at radius 1 is 1.42 bits per heavy atom. The summed E-state index contributed by atoms with van der Waals surface area (Å²) in [5.41, 5.74) is 6.34. The van der Waals surface area contributed by atoms with Gasteiger partial charge in [0, 0.05) is 0 Å². The van der Waals surface area contributed by atoms with Crippen molar-refractivity contribution in [2.75, 3.05) is 13.1 Å². The highest BCUT2D eigenvalue weighted by Gasteiger charge is 2.36. The van der Waals surface area contributed by atoms with Crippen molar-refractivity contribution in [3.05, 3.63) is 47.1 Å². The molecule has 1 amide bonds. The second-order valence-electron chi connectivity index (χ2n) is 7.04. The van der Waals surface area contributed by atoms with Crippen LogP contribution in [0.5, 0.6) is 11.5 Å². The zero-order chi connectivity index (χ0) is 23.1. The molecule has 0 aliphatic carbocycles. The van der Waals surface area contributed by atoms with Gasteiger partial charge in [-0.25, -0.2) is 4.79 Å². The van der Waals surface area contributed by atoms with E-state index >= 15 is 0 Å². The number of aryl methyl sites for hydroxylation is 1. The van der Waals surface area contributed by atoms with Crippen molar-refractivity contribution in [3.63, 3.8) is 0 Å². The van der Waals surface area contributed by atoms with E-state index in [-0.39, 0.29) is 43.1 Å². The second-order valence-corrected chi connectivity index (χ2v) is 7.04. The van der Waals surface area contributed by atoms with E-state index in [1.54, 1.807) is 19.1 Å². The highest BCUT2D eigenvalue weighted by molar-refractivity contribution is 6.41. The summed E-state index contributed by atoms with van der Waals surface area (Å²) in [6.45, 7) is 2.18. The molecule has 2 rings (SSSR count). The van der Waals surface area contributed by atoms with Gasteiger partial charge in [0.05, 0.1) is 13.1 Å². The summed E-state index contributed by atoms with van der Waals surface area (Å²) in [4.78, 5) is 25.6. The molecule has 9 nitrogen and oxygen atoms in total. The number of likely N-dealkylation sites (tertiary alicyclic amines) is 1. The molecule has 1 fully saturated rings. The van der Waals surface area contributed by atoms with Crippen LogP contribution >= 0.6 is 0 Å². The molecule has 31 heavy (non-hydrogen) atoms. The van der Waals surface area contributed by atoms with E-state index in [0.717, 1.165) is 0 Å². The van der Waals surface area contributed by atoms with E-state index in [4.69, 9.17) is 26.9 Å². The van der Waals surface area contributed by atoms with Gasteiger partial charge in [-0.3, -0.25) is 4.79 Å². The lowest BCUT2D eigenvalue weighted by Gasteiger charge is -2.40. The predicted octanol–water partition coefficient (Wildman–Crippen LogP) is 0.158. The van der Waals surface area contributed by atoms with E-state index in [1.807, 2.05) is 0 Å². The third kappa shape index (κ3) is 5.89. The summed E-state index contributed by atoms with van der Waals surface area (Å²) >= 11 is 0. The lowest BCUT2D eigenvalue weighted by Crippen LogP contribution is -2.60. The minimum atomic E-state index is -1.57. The average molecular weight is 428 g/mol. The summed E-state index contributed by atoms with van der Waals surface area (Å²) < 4.78 is 5.68. The first kappa shape index (κ1) is 24.0. The first-order valence-electron chi connectivity index (χ1n) is 9.63. The number of benzene rings is 1. The highest BCUT2D eigenvalue weighted by atomic mass is 16.5. The molecular formula is C21H25BN2O7. The van der Waals surface area contributed by atoms with Crippen LogP contribution in [0.4, 0.5) is 0 Å². The molecule has 0 saturated carbocycles. The van der Waals surface area contributed by atoms with E-state index in [0.29, 0.717) is 5.57 Å². The highest BCUT2D eigenvalue weighted by Crippen LogP contribution is 2.34. The molecule has 1 aliphatic heterocycles. The molecule has 6 N–H and O–H groups in total. The normalized spacial score (nSPS) is 15.3. The van der Waals surface area contributed by atoms with Crippen LogP contribution < -0.4 is 10.5 Å². The number of hydrogen-bond donors (Lipinski definition) is 5. The van der Waals surface area contributed by atoms with Gasteiger partial charge in [-0.15, -0.1) is 6.42 Å². The number of nitrogens with zero attached hydrogens (tertiary/aromatic N) is 1. The molecule has 0 spiro atoms. The molecule has 1 aromatic rings. The van der Waals surface area contributed by atoms with Crippen molar-refractivity contribution < 1.29 is 34.6 Å². The summed E-state index contributed by atoms with van der Waals surface area (Å²) in [5, 5.41) is 37.7. The Bertz CT molecular complexity index is 930. The van der Waals surface area contributed by atoms with Crippen molar-refractivity contribution in [1.82, 2.24) is 4.90 Å². The Morgan fingerprint density at radius 3 is 2.65 bits per heavy atom. The predicted molar refractivity (Wildman–Crippen MR) is 114 cm³/mol. The lowest BCUT2D eigenvalue weighted by atomic mass is 9.82. The lowest BCUT2D eigenvalue weighted by molar-refractivity contribution is -0.140. The second kappa shape index (κ2) is 10.7. The molecule has 0 aromatic heterocycles. The Kier molecular flexibility index (Phi) is 8.27. The van der Waals surface area contributed by atoms with Gasteiger partial charge < -0.3 is 35.6 Å². The van der Waals surface area contributed by atoms with Crippen LogP contribution in [-0.4, -0.2) is 69.4 Å². The van der Waals surface area contributed by atoms with Crippen molar-refractivity contribution in [3.8, 4) is 23.8 Å². The molecule has 1 aromatic carbocycles. The number of carboxylic acid groups (broad SMARTS) is 1. The van der Waals surface area contributed by atoms with E-state index in [1.165, 1.54) is 23.1 Å². The quantitative estimate of drug-likeness (QED) is 0.212. The van der Waals surface area contributed by atoms with Gasteiger partial charge in [-0.2, -0.15) is 0 Å². The molecule has 164 valence electrons. The van der Waals surface area contributed by atoms with Crippen LogP contribution in [0, 0.1) is 12.3 Å². The fourth-order valence-electron chi connectivity index (χ4n) is 3.15. The number of amides is 1. The Balaban J connectivity index is 2.07. The average Bonchev–Trinajstić information content (AvgIpc) is 2.68. The van der Waals surface area contributed by atoms with E-state index in [2.05, 4.69) is 5.92 Å². The molecule has 1 saturated heterocycles. The first-order valence-corrected chi connectivity index (χ1v) is 9.63. The molecule has 1 atom stereocenters. The summed E-state index contributed by atoms with van der Waals surface area (Å²) in [5.74, 6) is 0.0999. The van der Waals surface area contributed by atoms with Crippen LogP contribution in [0.2, 0.25) is 6.32 Å². The van der Waals surface area contributed by atoms with Gasteiger partial charge in [0.25, 0.3) is 0 Å². The summed E-state index contributed by atoms with van der Waals surface area (Å²) in [7, 11) is -1.57. The van der Waals surface area contributed by atoms with E-state index < -0.39 is 36.5 Å². The molecule has 0 bridgehead atoms. The van der Waals surface area contributed by atoms with Crippen molar-refractivity contribution in [1.29, 1.82) is 0 Å². The summed E-state index contributed by atoms with van der Waals surface area (Å²) in [6, 6.07) is 1.94. The van der Waals surface area contributed by atoms with Crippen LogP contribution in [0.25, 0.3) is 0 Å². The molecule has 10 heteroatoms. The number of carbonyl (C=O) groups excluding carboxylic acids is 1. The standard InChI is InChI=1S/C21H25BN2O7/c1-3-5-13(6-4-2)18(23)20(26)24-11-15(12-24)31-16-8-7-14(9-10-22(29)30)19(25)17(16)21(27)28/h1,4-8,15,18,25,29-30H,9-12,23H2,2H3,(H,27,28)/b6-4-,13-5+/t18-/m0/s1. The number of aromatic carboxylic acids is 1. The third-order valence-electron chi connectivity index (χ3n) is 4.80. The Hall–Kier alpha value is -3.26. The SMILES string of the molecule is C#C/C=C(\C=C/C)[C@H](N)C(=O)N1CC(Oc2ccc(CCB(O)O)c(O)c2C(=O)O)C1. The number of hydrogen-bond acceptors (Lipinski definition) is 7. The number of allylic oxidation sites excluding steroid dienone is 2. The fraction of sp³-hybridized carbons (Fsp3) is 0.333.